The minimum absolute atomic E-state index is 0.0855. The van der Waals surface area contributed by atoms with E-state index in [0.29, 0.717) is 45.8 Å². The smallest absolute Gasteiger partial charge is 0.308 e. The lowest BCUT2D eigenvalue weighted by molar-refractivity contribution is -0.188. The Morgan fingerprint density at radius 3 is 2.68 bits per heavy atom. The molecule has 0 unspecified atom stereocenters. The number of aliphatic carboxylic acids is 1. The van der Waals surface area contributed by atoms with Crippen LogP contribution in [0.2, 0.25) is 0 Å². The fourth-order valence-corrected chi connectivity index (χ4v) is 6.10. The third kappa shape index (κ3) is 5.99. The topological polar surface area (TPSA) is 99.6 Å². The molecule has 3 aliphatic heterocycles. The van der Waals surface area contributed by atoms with Gasteiger partial charge in [0.25, 0.3) is 5.91 Å². The molecule has 0 spiro atoms. The Labute approximate surface area is 226 Å². The Balaban J connectivity index is 1.58. The number of benzene rings is 1. The molecule has 2 saturated heterocycles. The molecule has 3 heterocycles. The predicted molar refractivity (Wildman–Crippen MR) is 143 cm³/mol. The Bertz CT molecular complexity index is 1030. The quantitative estimate of drug-likeness (QED) is 0.415. The third-order valence-corrected chi connectivity index (χ3v) is 8.24. The molecule has 2 amide bonds. The Kier molecular flexibility index (Phi) is 8.98. The van der Waals surface area contributed by atoms with Crippen LogP contribution in [-0.4, -0.2) is 89.7 Å². The zero-order chi connectivity index (χ0) is 27.4. The number of carboxylic acid groups (broad SMARTS) is 1. The van der Waals surface area contributed by atoms with Gasteiger partial charge in [0.2, 0.25) is 5.91 Å². The van der Waals surface area contributed by atoms with Crippen molar-refractivity contribution < 1.29 is 29.1 Å². The van der Waals surface area contributed by atoms with E-state index in [-0.39, 0.29) is 35.7 Å². The molecule has 0 aliphatic carbocycles. The van der Waals surface area contributed by atoms with Crippen LogP contribution in [0.25, 0.3) is 0 Å². The second-order valence-electron chi connectivity index (χ2n) is 11.5. The first-order valence-corrected chi connectivity index (χ1v) is 14.1. The molecular weight excluding hydrogens is 486 g/mol. The molecule has 1 N–H and O–H groups in total. The maximum Gasteiger partial charge on any atom is 0.308 e. The van der Waals surface area contributed by atoms with Gasteiger partial charge in [0.1, 0.15) is 5.75 Å². The highest BCUT2D eigenvalue weighted by Gasteiger charge is 2.48. The van der Waals surface area contributed by atoms with E-state index in [1.165, 1.54) is 5.06 Å². The van der Waals surface area contributed by atoms with Crippen LogP contribution in [0, 0.1) is 11.3 Å². The summed E-state index contributed by atoms with van der Waals surface area (Å²) in [6.45, 7) is 11.2. The van der Waals surface area contributed by atoms with Gasteiger partial charge in [-0.2, -0.15) is 0 Å². The summed E-state index contributed by atoms with van der Waals surface area (Å²) in [6, 6.07) is 5.60. The van der Waals surface area contributed by atoms with Crippen molar-refractivity contribution in [1.29, 1.82) is 0 Å². The number of rotatable bonds is 12. The second kappa shape index (κ2) is 12.0. The Hall–Kier alpha value is -2.65. The Morgan fingerprint density at radius 1 is 1.24 bits per heavy atom. The zero-order valence-corrected chi connectivity index (χ0v) is 23.3. The molecule has 9 heteroatoms. The van der Waals surface area contributed by atoms with E-state index in [1.54, 1.807) is 0 Å². The van der Waals surface area contributed by atoms with Crippen LogP contribution in [0.1, 0.15) is 70.4 Å². The van der Waals surface area contributed by atoms with Gasteiger partial charge in [0.15, 0.2) is 0 Å². The number of carbonyl (C=O) groups is 3. The number of hydrogen-bond acceptors (Lipinski definition) is 6. The van der Waals surface area contributed by atoms with Crippen molar-refractivity contribution in [2.75, 3.05) is 45.9 Å². The molecule has 9 nitrogen and oxygen atoms in total. The van der Waals surface area contributed by atoms with Crippen LogP contribution in [0.5, 0.6) is 5.75 Å². The maximum atomic E-state index is 13.3. The van der Waals surface area contributed by atoms with Crippen LogP contribution in [0.3, 0.4) is 0 Å². The van der Waals surface area contributed by atoms with Crippen LogP contribution in [0.4, 0.5) is 0 Å². The highest BCUT2D eigenvalue weighted by atomic mass is 16.7. The van der Waals surface area contributed by atoms with E-state index < -0.39 is 11.9 Å². The lowest BCUT2D eigenvalue weighted by atomic mass is 9.83. The first-order valence-electron chi connectivity index (χ1n) is 14.1. The number of fused-ring (bicyclic) bond motifs is 1. The number of likely N-dealkylation sites (tertiary alicyclic amines) is 2. The van der Waals surface area contributed by atoms with Gasteiger partial charge in [-0.1, -0.05) is 39.8 Å². The van der Waals surface area contributed by atoms with Crippen molar-refractivity contribution in [3.05, 3.63) is 29.3 Å². The number of carbonyl (C=O) groups excluding carboxylic acids is 2. The summed E-state index contributed by atoms with van der Waals surface area (Å²) in [5, 5.41) is 11.9. The van der Waals surface area contributed by atoms with Crippen LogP contribution in [0.15, 0.2) is 18.2 Å². The van der Waals surface area contributed by atoms with Gasteiger partial charge >= 0.3 is 5.97 Å². The minimum Gasteiger partial charge on any atom is -0.493 e. The number of nitrogens with zero attached hydrogens (tertiary/aromatic N) is 3. The van der Waals surface area contributed by atoms with Crippen molar-refractivity contribution >= 4 is 17.8 Å². The van der Waals surface area contributed by atoms with Gasteiger partial charge in [-0.25, -0.2) is 5.06 Å². The summed E-state index contributed by atoms with van der Waals surface area (Å²) in [5.41, 5.74) is 1.68. The summed E-state index contributed by atoms with van der Waals surface area (Å²) in [7, 11) is 0. The van der Waals surface area contributed by atoms with Crippen molar-refractivity contribution in [3.63, 3.8) is 0 Å². The van der Waals surface area contributed by atoms with Crippen LogP contribution in [-0.2, 0) is 25.6 Å². The monoisotopic (exact) mass is 529 g/mol. The zero-order valence-electron chi connectivity index (χ0n) is 23.3. The molecule has 0 aromatic heterocycles. The molecule has 2 fully saturated rings. The van der Waals surface area contributed by atoms with Gasteiger partial charge in [-0.05, 0) is 42.9 Å². The summed E-state index contributed by atoms with van der Waals surface area (Å²) >= 11 is 0. The van der Waals surface area contributed by atoms with Crippen molar-refractivity contribution in [2.45, 2.75) is 71.8 Å². The summed E-state index contributed by atoms with van der Waals surface area (Å²) in [5.74, 6) is -1.01. The van der Waals surface area contributed by atoms with Gasteiger partial charge in [-0.15, -0.1) is 0 Å². The number of hydroxylamine groups is 2. The van der Waals surface area contributed by atoms with Gasteiger partial charge in [0.05, 0.1) is 25.7 Å². The van der Waals surface area contributed by atoms with E-state index in [0.717, 1.165) is 42.6 Å². The summed E-state index contributed by atoms with van der Waals surface area (Å²) < 4.78 is 5.66. The van der Waals surface area contributed by atoms with Crippen LogP contribution < -0.4 is 4.74 Å². The van der Waals surface area contributed by atoms with Crippen molar-refractivity contribution in [1.82, 2.24) is 14.9 Å². The number of carboxylic acids is 1. The molecule has 3 aliphatic rings. The molecule has 0 bridgehead atoms. The normalized spacial score (nSPS) is 24.5. The van der Waals surface area contributed by atoms with Gasteiger partial charge in [-0.3, -0.25) is 24.1 Å². The van der Waals surface area contributed by atoms with E-state index in [4.69, 9.17) is 9.57 Å². The minimum atomic E-state index is -0.868. The standard InChI is InChI=1S/C29H43N3O6/c1-5-12-32(38-15-6-2)25(33)19-31-18-22(20-7-8-24-21(17-20)10-16-37-24)26(27(34)35)23(31)9-13-30-14-11-29(3,4)28(30)36/h7-8,17,22-23,26H,5-6,9-16,18-19H2,1-4H3,(H,34,35)/t22-,23+,26-/m1/s1. The van der Waals surface area contributed by atoms with Crippen molar-refractivity contribution in [2.24, 2.45) is 11.3 Å². The lowest BCUT2D eigenvalue weighted by Gasteiger charge is -2.30. The summed E-state index contributed by atoms with van der Waals surface area (Å²) in [6.07, 6.45) is 3.67. The molecule has 1 aromatic carbocycles. The van der Waals surface area contributed by atoms with Gasteiger partial charge < -0.3 is 14.7 Å². The average Bonchev–Trinajstić information content (AvgIpc) is 3.56. The SMILES string of the molecule is CCCON(CCC)C(=O)CN1C[C@H](c2ccc3c(c2)CCO3)[C@@H](C(=O)O)[C@@H]1CCN1CCC(C)(C)C1=O. The third-order valence-electron chi connectivity index (χ3n) is 8.24. The maximum absolute atomic E-state index is 13.3. The molecule has 38 heavy (non-hydrogen) atoms. The molecule has 4 rings (SSSR count). The molecule has 1 aromatic rings. The van der Waals surface area contributed by atoms with Crippen LogP contribution >= 0.6 is 0 Å². The average molecular weight is 530 g/mol. The first kappa shape index (κ1) is 28.4. The van der Waals surface area contributed by atoms with E-state index in [9.17, 15) is 19.5 Å². The fraction of sp³-hybridized carbons (Fsp3) is 0.690. The summed E-state index contributed by atoms with van der Waals surface area (Å²) in [4.78, 5) is 48.6. The number of amides is 2. The Morgan fingerprint density at radius 2 is 2.03 bits per heavy atom. The largest absolute Gasteiger partial charge is 0.493 e. The number of hydrogen-bond donors (Lipinski definition) is 1. The predicted octanol–water partition coefficient (Wildman–Crippen LogP) is 3.32. The number of ether oxygens (including phenoxy) is 1. The fourth-order valence-electron chi connectivity index (χ4n) is 6.10. The molecule has 0 saturated carbocycles. The molecule has 0 radical (unpaired) electrons. The highest BCUT2D eigenvalue weighted by Crippen LogP contribution is 2.41. The molecular formula is C29H43N3O6. The van der Waals surface area contributed by atoms with E-state index in [2.05, 4.69) is 6.07 Å². The lowest BCUT2D eigenvalue weighted by Crippen LogP contribution is -2.45. The van der Waals surface area contributed by atoms with E-state index >= 15 is 0 Å². The highest BCUT2D eigenvalue weighted by molar-refractivity contribution is 5.84. The van der Waals surface area contributed by atoms with Crippen molar-refractivity contribution in [3.8, 4) is 5.75 Å². The second-order valence-corrected chi connectivity index (χ2v) is 11.5. The van der Waals surface area contributed by atoms with E-state index in [1.807, 2.05) is 49.6 Å². The van der Waals surface area contributed by atoms with Gasteiger partial charge in [0, 0.05) is 50.0 Å². The first-order chi connectivity index (χ1) is 18.2. The molecule has 210 valence electrons. The molecule has 3 atom stereocenters.